The highest BCUT2D eigenvalue weighted by atomic mass is 16.5. The smallest absolute Gasteiger partial charge is 0.234 e. The van der Waals surface area contributed by atoms with Gasteiger partial charge in [0.05, 0.1) is 13.2 Å². The minimum absolute atomic E-state index is 0.116. The van der Waals surface area contributed by atoms with E-state index >= 15 is 0 Å². The lowest BCUT2D eigenvalue weighted by Crippen LogP contribution is -2.38. The number of ether oxygens (including phenoxy) is 1. The molecule has 5 heteroatoms. The number of likely N-dealkylation sites (tertiary alicyclic amines) is 1. The van der Waals surface area contributed by atoms with E-state index in [0.717, 1.165) is 38.0 Å². The number of nitrogens with zero attached hydrogens (tertiary/aromatic N) is 1. The number of fused-ring (bicyclic) bond motifs is 1. The zero-order valence-electron chi connectivity index (χ0n) is 9.87. The van der Waals surface area contributed by atoms with Crippen molar-refractivity contribution in [1.29, 1.82) is 0 Å². The summed E-state index contributed by atoms with van der Waals surface area (Å²) in [6.07, 6.45) is 0. The van der Waals surface area contributed by atoms with Gasteiger partial charge in [-0.3, -0.25) is 9.69 Å². The topological polar surface area (TPSA) is 53.6 Å². The summed E-state index contributed by atoms with van der Waals surface area (Å²) in [6.45, 7) is 6.10. The lowest BCUT2D eigenvalue weighted by Gasteiger charge is -2.16. The van der Waals surface area contributed by atoms with Gasteiger partial charge in [-0.1, -0.05) is 0 Å². The molecule has 0 saturated carbocycles. The average molecular weight is 227 g/mol. The molecule has 2 aliphatic heterocycles. The van der Waals surface area contributed by atoms with Crippen LogP contribution in [-0.2, 0) is 9.53 Å². The Kier molecular flexibility index (Phi) is 4.15. The van der Waals surface area contributed by atoms with E-state index in [9.17, 15) is 4.79 Å². The van der Waals surface area contributed by atoms with Crippen LogP contribution in [-0.4, -0.2) is 63.8 Å². The van der Waals surface area contributed by atoms with E-state index in [1.165, 1.54) is 0 Å². The monoisotopic (exact) mass is 227 g/mol. The van der Waals surface area contributed by atoms with Crippen molar-refractivity contribution < 1.29 is 9.53 Å². The lowest BCUT2D eigenvalue weighted by atomic mass is 10.0. The van der Waals surface area contributed by atoms with Crippen molar-refractivity contribution in [1.82, 2.24) is 15.5 Å². The largest absolute Gasteiger partial charge is 0.383 e. The Morgan fingerprint density at radius 2 is 2.12 bits per heavy atom. The van der Waals surface area contributed by atoms with Gasteiger partial charge in [-0.15, -0.1) is 0 Å². The zero-order valence-corrected chi connectivity index (χ0v) is 9.87. The van der Waals surface area contributed by atoms with Crippen molar-refractivity contribution in [2.75, 3.05) is 53.0 Å². The second-order valence-corrected chi connectivity index (χ2v) is 4.72. The number of nitrogens with one attached hydrogen (secondary N) is 2. The van der Waals surface area contributed by atoms with Gasteiger partial charge in [0, 0.05) is 26.7 Å². The van der Waals surface area contributed by atoms with Crippen molar-refractivity contribution in [2.45, 2.75) is 0 Å². The zero-order chi connectivity index (χ0) is 11.4. The lowest BCUT2D eigenvalue weighted by molar-refractivity contribution is -0.122. The van der Waals surface area contributed by atoms with Gasteiger partial charge >= 0.3 is 0 Å². The van der Waals surface area contributed by atoms with Gasteiger partial charge in [0.15, 0.2) is 0 Å². The molecule has 1 amide bonds. The van der Waals surface area contributed by atoms with E-state index in [2.05, 4.69) is 15.5 Å². The third-order valence-corrected chi connectivity index (χ3v) is 3.46. The second kappa shape index (κ2) is 5.61. The number of amides is 1. The van der Waals surface area contributed by atoms with E-state index in [0.29, 0.717) is 19.7 Å². The fourth-order valence-electron chi connectivity index (χ4n) is 2.63. The predicted octanol–water partition coefficient (Wildman–Crippen LogP) is -1.10. The van der Waals surface area contributed by atoms with Crippen LogP contribution < -0.4 is 10.6 Å². The molecule has 2 atom stereocenters. The predicted molar refractivity (Wildman–Crippen MR) is 61.2 cm³/mol. The Labute approximate surface area is 96.5 Å². The van der Waals surface area contributed by atoms with Crippen LogP contribution in [0.2, 0.25) is 0 Å². The Balaban J connectivity index is 1.65. The highest BCUT2D eigenvalue weighted by Crippen LogP contribution is 2.25. The highest BCUT2D eigenvalue weighted by molar-refractivity contribution is 5.78. The Hall–Kier alpha value is -0.650. The van der Waals surface area contributed by atoms with Crippen molar-refractivity contribution >= 4 is 5.91 Å². The quantitative estimate of drug-likeness (QED) is 0.586. The molecular weight excluding hydrogens is 206 g/mol. The van der Waals surface area contributed by atoms with E-state index in [4.69, 9.17) is 4.74 Å². The Bertz CT molecular complexity index is 235. The van der Waals surface area contributed by atoms with Crippen LogP contribution in [0.3, 0.4) is 0 Å². The molecule has 2 fully saturated rings. The first-order chi connectivity index (χ1) is 7.79. The molecule has 0 aromatic rings. The first-order valence-electron chi connectivity index (χ1n) is 5.98. The van der Waals surface area contributed by atoms with Crippen LogP contribution >= 0.6 is 0 Å². The van der Waals surface area contributed by atoms with E-state index in [1.54, 1.807) is 7.11 Å². The number of methoxy groups -OCH3 is 1. The van der Waals surface area contributed by atoms with Gasteiger partial charge in [-0.25, -0.2) is 0 Å². The van der Waals surface area contributed by atoms with Crippen molar-refractivity contribution in [2.24, 2.45) is 11.8 Å². The summed E-state index contributed by atoms with van der Waals surface area (Å²) in [5, 5.41) is 6.25. The number of carbonyl (C=O) groups excluding carboxylic acids is 1. The van der Waals surface area contributed by atoms with E-state index in [-0.39, 0.29) is 5.91 Å². The molecule has 0 aromatic heterocycles. The first-order valence-corrected chi connectivity index (χ1v) is 5.98. The first kappa shape index (κ1) is 11.8. The summed E-state index contributed by atoms with van der Waals surface area (Å²) < 4.78 is 4.89. The standard InChI is InChI=1S/C11H21N3O2/c1-16-3-2-13-11(15)8-14-6-9-4-12-5-10(9)7-14/h9-10,12H,2-8H2,1H3,(H,13,15)/t9-,10+. The minimum Gasteiger partial charge on any atom is -0.383 e. The third-order valence-electron chi connectivity index (χ3n) is 3.46. The van der Waals surface area contributed by atoms with Gasteiger partial charge in [-0.2, -0.15) is 0 Å². The van der Waals surface area contributed by atoms with Gasteiger partial charge in [0.2, 0.25) is 5.91 Å². The molecule has 2 N–H and O–H groups in total. The van der Waals surface area contributed by atoms with Gasteiger partial charge in [0.1, 0.15) is 0 Å². The molecule has 0 aromatic carbocycles. The molecule has 5 nitrogen and oxygen atoms in total. The van der Waals surface area contributed by atoms with Crippen molar-refractivity contribution in [3.63, 3.8) is 0 Å². The molecule has 2 heterocycles. The fourth-order valence-corrected chi connectivity index (χ4v) is 2.63. The van der Waals surface area contributed by atoms with Crippen LogP contribution in [0.4, 0.5) is 0 Å². The number of rotatable bonds is 5. The van der Waals surface area contributed by atoms with Gasteiger partial charge in [0.25, 0.3) is 0 Å². The summed E-state index contributed by atoms with van der Waals surface area (Å²) in [7, 11) is 1.64. The molecule has 0 spiro atoms. The summed E-state index contributed by atoms with van der Waals surface area (Å²) in [5.41, 5.74) is 0. The maximum Gasteiger partial charge on any atom is 0.234 e. The Morgan fingerprint density at radius 3 is 2.75 bits per heavy atom. The fraction of sp³-hybridized carbons (Fsp3) is 0.909. The van der Waals surface area contributed by atoms with Crippen molar-refractivity contribution in [3.05, 3.63) is 0 Å². The molecule has 92 valence electrons. The van der Waals surface area contributed by atoms with E-state index in [1.807, 2.05) is 0 Å². The molecular formula is C11H21N3O2. The van der Waals surface area contributed by atoms with Crippen LogP contribution in [0.5, 0.6) is 0 Å². The average Bonchev–Trinajstić information content (AvgIpc) is 2.78. The normalized spacial score (nSPS) is 29.3. The maximum atomic E-state index is 11.6. The second-order valence-electron chi connectivity index (χ2n) is 4.72. The van der Waals surface area contributed by atoms with Crippen LogP contribution in [0.15, 0.2) is 0 Å². The summed E-state index contributed by atoms with van der Waals surface area (Å²) >= 11 is 0. The molecule has 2 aliphatic rings. The van der Waals surface area contributed by atoms with E-state index < -0.39 is 0 Å². The minimum atomic E-state index is 0.116. The molecule has 16 heavy (non-hydrogen) atoms. The highest BCUT2D eigenvalue weighted by Gasteiger charge is 2.36. The third kappa shape index (κ3) is 2.93. The Morgan fingerprint density at radius 1 is 1.44 bits per heavy atom. The van der Waals surface area contributed by atoms with Crippen molar-refractivity contribution in [3.8, 4) is 0 Å². The maximum absolute atomic E-state index is 11.6. The molecule has 0 aliphatic carbocycles. The molecule has 0 unspecified atom stereocenters. The van der Waals surface area contributed by atoms with Crippen LogP contribution in [0.25, 0.3) is 0 Å². The molecule has 2 saturated heterocycles. The number of carbonyl (C=O) groups is 1. The molecule has 0 bridgehead atoms. The SMILES string of the molecule is COCCNC(=O)CN1C[C@H]2CNC[C@H]2C1. The van der Waals surface area contributed by atoms with Gasteiger partial charge < -0.3 is 15.4 Å². The molecule has 0 radical (unpaired) electrons. The van der Waals surface area contributed by atoms with Crippen LogP contribution in [0.1, 0.15) is 0 Å². The summed E-state index contributed by atoms with van der Waals surface area (Å²) in [5.74, 6) is 1.63. The number of hydrogen-bond donors (Lipinski definition) is 2. The number of hydrogen-bond acceptors (Lipinski definition) is 4. The van der Waals surface area contributed by atoms with Crippen LogP contribution in [0, 0.1) is 11.8 Å². The van der Waals surface area contributed by atoms with Gasteiger partial charge in [-0.05, 0) is 24.9 Å². The molecule has 2 rings (SSSR count). The summed E-state index contributed by atoms with van der Waals surface area (Å²) in [6, 6.07) is 0. The summed E-state index contributed by atoms with van der Waals surface area (Å²) in [4.78, 5) is 13.8.